The number of benzene rings is 3. The van der Waals surface area contributed by atoms with Crippen LogP contribution in [0.15, 0.2) is 83.8 Å². The minimum absolute atomic E-state index is 0.101. The van der Waals surface area contributed by atoms with E-state index in [0.29, 0.717) is 12.8 Å². The van der Waals surface area contributed by atoms with Gasteiger partial charge in [0.1, 0.15) is 0 Å². The maximum absolute atomic E-state index is 12.5. The van der Waals surface area contributed by atoms with Gasteiger partial charge in [0.15, 0.2) is 0 Å². The molecule has 0 unspecified atom stereocenters. The molecule has 6 nitrogen and oxygen atoms in total. The highest BCUT2D eigenvalue weighted by atomic mass is 32.2. The first-order valence-electron chi connectivity index (χ1n) is 9.61. The Kier molecular flexibility index (Phi) is 6.87. The summed E-state index contributed by atoms with van der Waals surface area (Å²) in [5.41, 5.74) is 3.56. The number of nitrogens with one attached hydrogen (secondary N) is 2. The number of nitrogens with zero attached hydrogens (tertiary/aromatic N) is 1. The molecule has 2 N–H and O–H groups in total. The lowest BCUT2D eigenvalue weighted by molar-refractivity contribution is -0.116. The molecule has 0 aliphatic carbocycles. The SMILES string of the molecule is CNS(=O)(=O)c1ccc(CCC(=O)Nc2ccccc2N(C)c2ccccc2)cc1. The van der Waals surface area contributed by atoms with Crippen molar-refractivity contribution in [3.63, 3.8) is 0 Å². The van der Waals surface area contributed by atoms with Crippen molar-refractivity contribution >= 4 is 33.0 Å². The van der Waals surface area contributed by atoms with Gasteiger partial charge in [-0.25, -0.2) is 13.1 Å². The lowest BCUT2D eigenvalue weighted by Gasteiger charge is -2.22. The van der Waals surface area contributed by atoms with E-state index >= 15 is 0 Å². The summed E-state index contributed by atoms with van der Waals surface area (Å²) in [4.78, 5) is 14.8. The van der Waals surface area contributed by atoms with Crippen LogP contribution in [0.4, 0.5) is 17.1 Å². The van der Waals surface area contributed by atoms with Crippen LogP contribution in [0.5, 0.6) is 0 Å². The van der Waals surface area contributed by atoms with Crippen LogP contribution in [0.3, 0.4) is 0 Å². The minimum atomic E-state index is -3.46. The van der Waals surface area contributed by atoms with E-state index in [1.165, 1.54) is 7.05 Å². The lowest BCUT2D eigenvalue weighted by Crippen LogP contribution is -2.18. The normalized spacial score (nSPS) is 11.1. The van der Waals surface area contributed by atoms with Crippen LogP contribution in [-0.4, -0.2) is 28.4 Å². The van der Waals surface area contributed by atoms with Crippen LogP contribution in [0, 0.1) is 0 Å². The number of hydrogen-bond acceptors (Lipinski definition) is 4. The Morgan fingerprint density at radius 1 is 0.900 bits per heavy atom. The topological polar surface area (TPSA) is 78.5 Å². The van der Waals surface area contributed by atoms with Crippen molar-refractivity contribution < 1.29 is 13.2 Å². The largest absolute Gasteiger partial charge is 0.343 e. The first kappa shape index (κ1) is 21.5. The van der Waals surface area contributed by atoms with E-state index in [2.05, 4.69) is 10.0 Å². The number of amides is 1. The van der Waals surface area contributed by atoms with Crippen LogP contribution in [0.2, 0.25) is 0 Å². The van der Waals surface area contributed by atoms with Crippen LogP contribution in [0.25, 0.3) is 0 Å². The van der Waals surface area contributed by atoms with Gasteiger partial charge in [0.05, 0.1) is 16.3 Å². The summed E-state index contributed by atoms with van der Waals surface area (Å²) in [5.74, 6) is -0.101. The molecule has 0 saturated heterocycles. The Morgan fingerprint density at radius 2 is 1.53 bits per heavy atom. The molecule has 0 aliphatic rings. The molecule has 3 aromatic rings. The average Bonchev–Trinajstić information content (AvgIpc) is 2.78. The molecule has 0 spiro atoms. The smallest absolute Gasteiger partial charge is 0.240 e. The first-order chi connectivity index (χ1) is 14.4. The fourth-order valence-corrected chi connectivity index (χ4v) is 3.82. The van der Waals surface area contributed by atoms with Crippen molar-refractivity contribution in [2.45, 2.75) is 17.7 Å². The average molecular weight is 424 g/mol. The summed E-state index contributed by atoms with van der Waals surface area (Å²) in [6.07, 6.45) is 0.809. The van der Waals surface area contributed by atoms with Gasteiger partial charge in [0.25, 0.3) is 0 Å². The van der Waals surface area contributed by atoms with Crippen molar-refractivity contribution in [3.8, 4) is 0 Å². The highest BCUT2D eigenvalue weighted by Gasteiger charge is 2.13. The molecule has 156 valence electrons. The van der Waals surface area contributed by atoms with E-state index in [1.54, 1.807) is 24.3 Å². The fraction of sp³-hybridized carbons (Fsp3) is 0.174. The van der Waals surface area contributed by atoms with Gasteiger partial charge in [-0.1, -0.05) is 42.5 Å². The molecule has 0 heterocycles. The molecule has 0 aliphatic heterocycles. The van der Waals surface area contributed by atoms with Crippen LogP contribution >= 0.6 is 0 Å². The summed E-state index contributed by atoms with van der Waals surface area (Å²) in [6, 6.07) is 24.1. The number of carbonyl (C=O) groups excluding carboxylic acids is 1. The maximum Gasteiger partial charge on any atom is 0.240 e. The van der Waals surface area contributed by atoms with Gasteiger partial charge in [-0.05, 0) is 55.4 Å². The molecule has 0 aromatic heterocycles. The van der Waals surface area contributed by atoms with E-state index < -0.39 is 10.0 Å². The molecule has 30 heavy (non-hydrogen) atoms. The van der Waals surface area contributed by atoms with Crippen molar-refractivity contribution in [1.29, 1.82) is 0 Å². The third-order valence-corrected chi connectivity index (χ3v) is 6.26. The van der Waals surface area contributed by atoms with Gasteiger partial charge >= 0.3 is 0 Å². The van der Waals surface area contributed by atoms with Crippen LogP contribution in [-0.2, 0) is 21.2 Å². The second-order valence-corrected chi connectivity index (χ2v) is 8.70. The third-order valence-electron chi connectivity index (χ3n) is 4.83. The fourth-order valence-electron chi connectivity index (χ4n) is 3.09. The second-order valence-electron chi connectivity index (χ2n) is 6.81. The third kappa shape index (κ3) is 5.25. The zero-order valence-corrected chi connectivity index (χ0v) is 17.8. The van der Waals surface area contributed by atoms with Crippen molar-refractivity contribution in [1.82, 2.24) is 4.72 Å². The predicted molar refractivity (Wildman–Crippen MR) is 121 cm³/mol. The summed E-state index contributed by atoms with van der Waals surface area (Å²) < 4.78 is 25.9. The van der Waals surface area contributed by atoms with Gasteiger partial charge in [0.2, 0.25) is 15.9 Å². The molecule has 1 amide bonds. The number of hydrogen-bond donors (Lipinski definition) is 2. The van der Waals surface area contributed by atoms with E-state index in [9.17, 15) is 13.2 Å². The van der Waals surface area contributed by atoms with Crippen molar-refractivity contribution in [2.24, 2.45) is 0 Å². The van der Waals surface area contributed by atoms with E-state index in [1.807, 2.05) is 66.5 Å². The highest BCUT2D eigenvalue weighted by molar-refractivity contribution is 7.89. The molecule has 0 bridgehead atoms. The van der Waals surface area contributed by atoms with Gasteiger partial charge < -0.3 is 10.2 Å². The molecule has 3 aromatic carbocycles. The molecule has 0 fully saturated rings. The Labute approximate surface area is 177 Å². The van der Waals surface area contributed by atoms with Gasteiger partial charge in [0, 0.05) is 19.2 Å². The number of rotatable bonds is 8. The molecule has 3 rings (SSSR count). The summed E-state index contributed by atoms with van der Waals surface area (Å²) in [6.45, 7) is 0. The van der Waals surface area contributed by atoms with E-state index in [4.69, 9.17) is 0 Å². The Balaban J connectivity index is 1.65. The lowest BCUT2D eigenvalue weighted by atomic mass is 10.1. The molecule has 0 saturated carbocycles. The highest BCUT2D eigenvalue weighted by Crippen LogP contribution is 2.30. The van der Waals surface area contributed by atoms with Crippen molar-refractivity contribution in [2.75, 3.05) is 24.3 Å². The second kappa shape index (κ2) is 9.56. The Hall–Kier alpha value is -3.16. The van der Waals surface area contributed by atoms with Crippen LogP contribution < -0.4 is 14.9 Å². The first-order valence-corrected chi connectivity index (χ1v) is 11.1. The number of carbonyl (C=O) groups is 1. The van der Waals surface area contributed by atoms with Gasteiger partial charge in [-0.2, -0.15) is 0 Å². The predicted octanol–water partition coefficient (Wildman–Crippen LogP) is 3.93. The minimum Gasteiger partial charge on any atom is -0.343 e. The van der Waals surface area contributed by atoms with Gasteiger partial charge in [-0.3, -0.25) is 4.79 Å². The molecule has 0 radical (unpaired) electrons. The summed E-state index contributed by atoms with van der Waals surface area (Å²) in [7, 11) is -0.122. The van der Waals surface area contributed by atoms with Crippen molar-refractivity contribution in [3.05, 3.63) is 84.4 Å². The quantitative estimate of drug-likeness (QED) is 0.575. The summed E-state index contributed by atoms with van der Waals surface area (Å²) >= 11 is 0. The number of sulfonamides is 1. The monoisotopic (exact) mass is 423 g/mol. The number of aryl methyl sites for hydroxylation is 1. The number of anilines is 3. The Bertz CT molecular complexity index is 1100. The standard InChI is InChI=1S/C23H25N3O3S/c1-24-30(28,29)20-15-12-18(13-16-20)14-17-23(27)25-21-10-6-7-11-22(21)26(2)19-8-4-3-5-9-19/h3-13,15-16,24H,14,17H2,1-2H3,(H,25,27). The summed E-state index contributed by atoms with van der Waals surface area (Å²) in [5, 5.41) is 2.99. The van der Waals surface area contributed by atoms with E-state index in [-0.39, 0.29) is 10.8 Å². The molecular weight excluding hydrogens is 398 g/mol. The Morgan fingerprint density at radius 3 is 2.20 bits per heavy atom. The molecule has 0 atom stereocenters. The van der Waals surface area contributed by atoms with E-state index in [0.717, 1.165) is 22.6 Å². The molecular formula is C23H25N3O3S. The maximum atomic E-state index is 12.5. The van der Waals surface area contributed by atoms with Crippen LogP contribution in [0.1, 0.15) is 12.0 Å². The number of para-hydroxylation sites is 3. The van der Waals surface area contributed by atoms with Gasteiger partial charge in [-0.15, -0.1) is 0 Å². The zero-order chi connectivity index (χ0) is 21.6. The molecule has 7 heteroatoms. The zero-order valence-electron chi connectivity index (χ0n) is 17.0.